The van der Waals surface area contributed by atoms with Gasteiger partial charge in [-0.15, -0.1) is 0 Å². The highest BCUT2D eigenvalue weighted by atomic mass is 16.5. The lowest BCUT2D eigenvalue weighted by Gasteiger charge is -2.26. The minimum Gasteiger partial charge on any atom is -0.507 e. The van der Waals surface area contributed by atoms with Crippen molar-refractivity contribution in [3.05, 3.63) is 131 Å². The number of benzene rings is 4. The van der Waals surface area contributed by atoms with Gasteiger partial charge in [-0.25, -0.2) is 0 Å². The molecule has 1 saturated heterocycles. The third kappa shape index (κ3) is 5.47. The molecule has 1 aliphatic rings. The van der Waals surface area contributed by atoms with Crippen LogP contribution >= 0.6 is 0 Å². The van der Waals surface area contributed by atoms with Gasteiger partial charge in [-0.05, 0) is 72.5 Å². The number of aliphatic hydroxyl groups is 1. The van der Waals surface area contributed by atoms with Crippen LogP contribution in [-0.4, -0.2) is 23.4 Å². The lowest BCUT2D eigenvalue weighted by atomic mass is 9.94. The monoisotopic (exact) mass is 533 g/mol. The van der Waals surface area contributed by atoms with Crippen LogP contribution in [0.3, 0.4) is 0 Å². The number of aryl methyl sites for hydroxylation is 1. The lowest BCUT2D eigenvalue weighted by molar-refractivity contribution is -0.132. The molecule has 1 heterocycles. The third-order valence-corrected chi connectivity index (χ3v) is 6.81. The molecule has 0 aliphatic carbocycles. The van der Waals surface area contributed by atoms with E-state index in [2.05, 4.69) is 0 Å². The van der Waals surface area contributed by atoms with E-state index < -0.39 is 17.7 Å². The zero-order valence-corrected chi connectivity index (χ0v) is 22.5. The maximum absolute atomic E-state index is 13.5. The summed E-state index contributed by atoms with van der Waals surface area (Å²) in [6.07, 6.45) is 0.873. The fraction of sp³-hybridized carbons (Fsp3) is 0.176. The highest BCUT2D eigenvalue weighted by molar-refractivity contribution is 6.51. The van der Waals surface area contributed by atoms with Gasteiger partial charge in [0.05, 0.1) is 18.2 Å². The molecule has 4 aromatic rings. The number of hydrogen-bond acceptors (Lipinski definition) is 5. The van der Waals surface area contributed by atoms with Gasteiger partial charge in [0.15, 0.2) is 0 Å². The molecule has 0 radical (unpaired) electrons. The van der Waals surface area contributed by atoms with E-state index in [9.17, 15) is 14.7 Å². The van der Waals surface area contributed by atoms with Gasteiger partial charge in [0.2, 0.25) is 0 Å². The third-order valence-electron chi connectivity index (χ3n) is 6.81. The molecule has 1 atom stereocenters. The summed E-state index contributed by atoms with van der Waals surface area (Å²) in [4.78, 5) is 28.4. The van der Waals surface area contributed by atoms with Gasteiger partial charge < -0.3 is 14.6 Å². The molecule has 6 heteroatoms. The smallest absolute Gasteiger partial charge is 0.300 e. The number of ether oxygens (including phenoxy) is 2. The Kier molecular flexibility index (Phi) is 7.97. The number of para-hydroxylation sites is 1. The molecular formula is C34H31NO5. The Labute approximate surface area is 234 Å². The molecule has 5 rings (SSSR count). The van der Waals surface area contributed by atoms with Crippen LogP contribution in [0.1, 0.15) is 41.6 Å². The molecule has 0 spiro atoms. The van der Waals surface area contributed by atoms with E-state index in [-0.39, 0.29) is 11.3 Å². The SMILES string of the molecule is CCCOc1ccc(/C(O)=C2\C(=O)C(=O)N(c3ccccc3)C2c2cccc(OCc3ccccc3)c2)cc1C. The van der Waals surface area contributed by atoms with Crippen LogP contribution in [0.2, 0.25) is 0 Å². The molecule has 0 saturated carbocycles. The summed E-state index contributed by atoms with van der Waals surface area (Å²) in [6, 6.07) is 30.5. The van der Waals surface area contributed by atoms with Gasteiger partial charge in [0.25, 0.3) is 11.7 Å². The van der Waals surface area contributed by atoms with Gasteiger partial charge >= 0.3 is 0 Å². The number of ketones is 1. The average molecular weight is 534 g/mol. The molecule has 202 valence electrons. The Hall–Kier alpha value is -4.84. The second kappa shape index (κ2) is 11.9. The van der Waals surface area contributed by atoms with Crippen molar-refractivity contribution in [2.45, 2.75) is 32.9 Å². The van der Waals surface area contributed by atoms with Crippen LogP contribution in [0.5, 0.6) is 11.5 Å². The number of anilines is 1. The van der Waals surface area contributed by atoms with Gasteiger partial charge in [-0.3, -0.25) is 14.5 Å². The van der Waals surface area contributed by atoms with Crippen LogP contribution in [-0.2, 0) is 16.2 Å². The summed E-state index contributed by atoms with van der Waals surface area (Å²) in [5.41, 5.74) is 3.51. The molecule has 1 amide bonds. The van der Waals surface area contributed by atoms with Crippen molar-refractivity contribution in [3.8, 4) is 11.5 Å². The number of aliphatic hydroxyl groups excluding tert-OH is 1. The quantitative estimate of drug-likeness (QED) is 0.143. The molecule has 0 aromatic heterocycles. The van der Waals surface area contributed by atoms with Crippen LogP contribution in [0.4, 0.5) is 5.69 Å². The molecule has 1 fully saturated rings. The fourth-order valence-corrected chi connectivity index (χ4v) is 4.84. The Morgan fingerprint density at radius 2 is 1.57 bits per heavy atom. The normalized spacial score (nSPS) is 16.2. The largest absolute Gasteiger partial charge is 0.507 e. The van der Waals surface area contributed by atoms with Crippen molar-refractivity contribution in [3.63, 3.8) is 0 Å². The predicted molar refractivity (Wildman–Crippen MR) is 155 cm³/mol. The van der Waals surface area contributed by atoms with Crippen molar-refractivity contribution in [1.29, 1.82) is 0 Å². The average Bonchev–Trinajstić information content (AvgIpc) is 3.26. The first-order valence-corrected chi connectivity index (χ1v) is 13.3. The first-order chi connectivity index (χ1) is 19.5. The predicted octanol–water partition coefficient (Wildman–Crippen LogP) is 6.99. The van der Waals surface area contributed by atoms with Crippen LogP contribution in [0.15, 0.2) is 109 Å². The van der Waals surface area contributed by atoms with Crippen LogP contribution in [0.25, 0.3) is 5.76 Å². The van der Waals surface area contributed by atoms with Crippen LogP contribution in [0, 0.1) is 6.92 Å². The number of carbonyl (C=O) groups is 2. The Bertz CT molecular complexity index is 1550. The molecule has 1 aliphatic heterocycles. The number of nitrogens with zero attached hydrogens (tertiary/aromatic N) is 1. The zero-order chi connectivity index (χ0) is 28.1. The van der Waals surface area contributed by atoms with Crippen LogP contribution < -0.4 is 14.4 Å². The molecule has 0 bridgehead atoms. The topological polar surface area (TPSA) is 76.1 Å². The minimum absolute atomic E-state index is 0.0238. The Morgan fingerprint density at radius 3 is 2.27 bits per heavy atom. The van der Waals surface area contributed by atoms with E-state index in [1.165, 1.54) is 4.90 Å². The van der Waals surface area contributed by atoms with Crippen molar-refractivity contribution in [2.75, 3.05) is 11.5 Å². The summed E-state index contributed by atoms with van der Waals surface area (Å²) in [5.74, 6) is -0.377. The van der Waals surface area contributed by atoms with Gasteiger partial charge in [0, 0.05) is 11.3 Å². The fourth-order valence-electron chi connectivity index (χ4n) is 4.84. The van der Waals surface area contributed by atoms with Crippen molar-refractivity contribution >= 4 is 23.1 Å². The maximum atomic E-state index is 13.5. The van der Waals surface area contributed by atoms with E-state index in [1.54, 1.807) is 30.3 Å². The first kappa shape index (κ1) is 26.8. The zero-order valence-electron chi connectivity index (χ0n) is 22.5. The van der Waals surface area contributed by atoms with E-state index in [4.69, 9.17) is 9.47 Å². The molecule has 4 aromatic carbocycles. The molecule has 6 nitrogen and oxygen atoms in total. The Balaban J connectivity index is 1.58. The molecule has 1 N–H and O–H groups in total. The van der Waals surface area contributed by atoms with Crippen molar-refractivity contribution in [1.82, 2.24) is 0 Å². The lowest BCUT2D eigenvalue weighted by Crippen LogP contribution is -2.29. The first-order valence-electron chi connectivity index (χ1n) is 13.3. The molecule has 40 heavy (non-hydrogen) atoms. The summed E-state index contributed by atoms with van der Waals surface area (Å²) >= 11 is 0. The summed E-state index contributed by atoms with van der Waals surface area (Å²) in [5, 5.41) is 11.5. The number of carbonyl (C=O) groups excluding carboxylic acids is 2. The van der Waals surface area contributed by atoms with E-state index >= 15 is 0 Å². The Morgan fingerprint density at radius 1 is 0.850 bits per heavy atom. The van der Waals surface area contributed by atoms with Gasteiger partial charge in [0.1, 0.15) is 23.9 Å². The number of amides is 1. The molecular weight excluding hydrogens is 502 g/mol. The number of Topliss-reactive ketones (excluding diaryl/α,β-unsaturated/α-hetero) is 1. The van der Waals surface area contributed by atoms with E-state index in [0.29, 0.717) is 41.5 Å². The van der Waals surface area contributed by atoms with Crippen molar-refractivity contribution in [2.24, 2.45) is 0 Å². The summed E-state index contributed by atoms with van der Waals surface area (Å²) < 4.78 is 11.8. The van der Waals surface area contributed by atoms with Gasteiger partial charge in [-0.1, -0.05) is 67.6 Å². The minimum atomic E-state index is -0.848. The standard InChI is InChI=1S/C34H31NO5/c1-3-19-39-29-18-17-26(20-23(29)2)32(36)30-31(35(34(38)33(30)37)27-14-8-5-9-15-27)25-13-10-16-28(21-25)40-22-24-11-6-4-7-12-24/h4-18,20-21,31,36H,3,19,22H2,1-2H3/b32-30+. The highest BCUT2D eigenvalue weighted by Crippen LogP contribution is 2.43. The van der Waals surface area contributed by atoms with E-state index in [0.717, 1.165) is 17.5 Å². The number of hydrogen-bond donors (Lipinski definition) is 1. The second-order valence-corrected chi connectivity index (χ2v) is 9.68. The summed E-state index contributed by atoms with van der Waals surface area (Å²) in [7, 11) is 0. The van der Waals surface area contributed by atoms with Gasteiger partial charge in [-0.2, -0.15) is 0 Å². The summed E-state index contributed by atoms with van der Waals surface area (Å²) in [6.45, 7) is 4.87. The maximum Gasteiger partial charge on any atom is 0.300 e. The second-order valence-electron chi connectivity index (χ2n) is 9.68. The molecule has 1 unspecified atom stereocenters. The van der Waals surface area contributed by atoms with Crippen molar-refractivity contribution < 1.29 is 24.2 Å². The number of rotatable bonds is 9. The van der Waals surface area contributed by atoms with E-state index in [1.807, 2.05) is 86.6 Å². The highest BCUT2D eigenvalue weighted by Gasteiger charge is 2.47.